The summed E-state index contributed by atoms with van der Waals surface area (Å²) in [6, 6.07) is 5.47. The number of rotatable bonds is 4. The van der Waals surface area contributed by atoms with Gasteiger partial charge in [0.25, 0.3) is 0 Å². The molecule has 4 nitrogen and oxygen atoms in total. The molecule has 0 saturated heterocycles. The van der Waals surface area contributed by atoms with Gasteiger partial charge < -0.3 is 10.1 Å². The Morgan fingerprint density at radius 2 is 2.00 bits per heavy atom. The van der Waals surface area contributed by atoms with Crippen LogP contribution in [0.1, 0.15) is 25.5 Å². The van der Waals surface area contributed by atoms with Crippen LogP contribution < -0.4 is 10.1 Å². The van der Waals surface area contributed by atoms with Crippen molar-refractivity contribution in [3.05, 3.63) is 32.5 Å². The number of hydrogen-bond donors (Lipinski definition) is 1. The molecule has 0 spiro atoms. The minimum Gasteiger partial charge on any atom is -0.496 e. The second kappa shape index (κ2) is 6.79. The molecule has 0 unspecified atom stereocenters. The molecule has 0 aliphatic heterocycles. The molecule has 112 valence electrons. The van der Waals surface area contributed by atoms with Gasteiger partial charge in [0.15, 0.2) is 5.82 Å². The van der Waals surface area contributed by atoms with Gasteiger partial charge in [-0.1, -0.05) is 25.4 Å². The van der Waals surface area contributed by atoms with Crippen LogP contribution in [0.4, 0.5) is 5.82 Å². The molecule has 0 aliphatic carbocycles. The van der Waals surface area contributed by atoms with E-state index in [1.165, 1.54) is 0 Å². The third-order valence-electron chi connectivity index (χ3n) is 3.06. The van der Waals surface area contributed by atoms with E-state index >= 15 is 0 Å². The molecule has 1 heterocycles. The van der Waals surface area contributed by atoms with Gasteiger partial charge in [-0.05, 0) is 46.7 Å². The van der Waals surface area contributed by atoms with Gasteiger partial charge in [0.05, 0.1) is 21.9 Å². The van der Waals surface area contributed by atoms with Gasteiger partial charge in [-0.2, -0.15) is 0 Å². The van der Waals surface area contributed by atoms with Crippen molar-refractivity contribution < 1.29 is 4.74 Å². The molecule has 0 bridgehead atoms. The van der Waals surface area contributed by atoms with Crippen LogP contribution in [0, 0.1) is 3.57 Å². The minimum absolute atomic E-state index is 0.309. The zero-order chi connectivity index (χ0) is 15.6. The summed E-state index contributed by atoms with van der Waals surface area (Å²) in [6.45, 7) is 4.24. The van der Waals surface area contributed by atoms with Crippen molar-refractivity contribution in [1.29, 1.82) is 0 Å². The molecule has 1 N–H and O–H groups in total. The maximum absolute atomic E-state index is 6.01. The fourth-order valence-electron chi connectivity index (χ4n) is 1.98. The smallest absolute Gasteiger partial charge is 0.165 e. The highest BCUT2D eigenvalue weighted by molar-refractivity contribution is 14.1. The normalized spacial score (nSPS) is 10.8. The summed E-state index contributed by atoms with van der Waals surface area (Å²) in [6.07, 6.45) is 0. The van der Waals surface area contributed by atoms with Gasteiger partial charge in [-0.25, -0.2) is 9.97 Å². The van der Waals surface area contributed by atoms with Crippen LogP contribution in [-0.4, -0.2) is 24.1 Å². The Morgan fingerprint density at radius 3 is 2.57 bits per heavy atom. The van der Waals surface area contributed by atoms with Crippen LogP contribution in [0.3, 0.4) is 0 Å². The molecular formula is C15H17ClIN3O. The van der Waals surface area contributed by atoms with Crippen molar-refractivity contribution >= 4 is 40.0 Å². The first kappa shape index (κ1) is 16.3. The van der Waals surface area contributed by atoms with Crippen molar-refractivity contribution in [2.75, 3.05) is 19.5 Å². The molecule has 21 heavy (non-hydrogen) atoms. The van der Waals surface area contributed by atoms with E-state index in [9.17, 15) is 0 Å². The van der Waals surface area contributed by atoms with Crippen LogP contribution in [0.2, 0.25) is 5.02 Å². The van der Waals surface area contributed by atoms with E-state index in [0.717, 1.165) is 20.6 Å². The fraction of sp³-hybridized carbons (Fsp3) is 0.333. The van der Waals surface area contributed by atoms with Gasteiger partial charge in [-0.15, -0.1) is 0 Å². The Labute approximate surface area is 143 Å². The van der Waals surface area contributed by atoms with Crippen LogP contribution in [0.5, 0.6) is 5.75 Å². The lowest BCUT2D eigenvalue weighted by Gasteiger charge is -2.15. The van der Waals surface area contributed by atoms with Gasteiger partial charge in [0.2, 0.25) is 0 Å². The molecule has 2 rings (SSSR count). The lowest BCUT2D eigenvalue weighted by molar-refractivity contribution is 0.416. The summed E-state index contributed by atoms with van der Waals surface area (Å²) in [4.78, 5) is 9.30. The predicted molar refractivity (Wildman–Crippen MR) is 95.4 cm³/mol. The first-order valence-corrected chi connectivity index (χ1v) is 8.02. The lowest BCUT2D eigenvalue weighted by atomic mass is 10.1. The van der Waals surface area contributed by atoms with E-state index in [2.05, 4.69) is 46.7 Å². The summed E-state index contributed by atoms with van der Waals surface area (Å²) < 4.78 is 6.44. The van der Waals surface area contributed by atoms with Crippen molar-refractivity contribution in [2.24, 2.45) is 0 Å². The number of halogens is 2. The average Bonchev–Trinajstić information content (AvgIpc) is 2.47. The summed E-state index contributed by atoms with van der Waals surface area (Å²) in [5.41, 5.74) is 1.85. The quantitative estimate of drug-likeness (QED) is 0.740. The number of ether oxygens (including phenoxy) is 1. The van der Waals surface area contributed by atoms with Crippen LogP contribution in [0.15, 0.2) is 18.2 Å². The number of methoxy groups -OCH3 is 1. The number of nitrogens with one attached hydrogen (secondary N) is 1. The second-order valence-electron chi connectivity index (χ2n) is 4.84. The monoisotopic (exact) mass is 417 g/mol. The summed E-state index contributed by atoms with van der Waals surface area (Å²) >= 11 is 8.29. The summed E-state index contributed by atoms with van der Waals surface area (Å²) in [7, 11) is 3.47. The van der Waals surface area contributed by atoms with E-state index in [1.807, 2.05) is 19.2 Å². The Morgan fingerprint density at radius 1 is 1.29 bits per heavy atom. The molecule has 0 saturated carbocycles. The topological polar surface area (TPSA) is 47.0 Å². The van der Waals surface area contributed by atoms with E-state index in [0.29, 0.717) is 22.5 Å². The second-order valence-corrected chi connectivity index (χ2v) is 6.36. The van der Waals surface area contributed by atoms with Crippen molar-refractivity contribution in [1.82, 2.24) is 9.97 Å². The predicted octanol–water partition coefficient (Wildman–Crippen LogP) is 4.58. The molecular weight excluding hydrogens is 401 g/mol. The van der Waals surface area contributed by atoms with Gasteiger partial charge in [0, 0.05) is 12.1 Å². The molecule has 0 fully saturated rings. The maximum atomic E-state index is 6.01. The van der Waals surface area contributed by atoms with Crippen LogP contribution in [0.25, 0.3) is 11.4 Å². The maximum Gasteiger partial charge on any atom is 0.165 e. The fourth-order valence-corrected chi connectivity index (χ4v) is 3.28. The van der Waals surface area contributed by atoms with E-state index < -0.39 is 0 Å². The van der Waals surface area contributed by atoms with Gasteiger partial charge >= 0.3 is 0 Å². The third kappa shape index (κ3) is 3.40. The van der Waals surface area contributed by atoms with E-state index in [-0.39, 0.29) is 0 Å². The highest BCUT2D eigenvalue weighted by atomic mass is 127. The van der Waals surface area contributed by atoms with Crippen molar-refractivity contribution in [3.63, 3.8) is 0 Å². The molecule has 0 atom stereocenters. The average molecular weight is 418 g/mol. The molecule has 0 amide bonds. The molecule has 0 aliphatic rings. The first-order chi connectivity index (χ1) is 9.97. The van der Waals surface area contributed by atoms with Gasteiger partial charge in [-0.3, -0.25) is 0 Å². The van der Waals surface area contributed by atoms with Crippen molar-refractivity contribution in [2.45, 2.75) is 19.8 Å². The Hall–Kier alpha value is -1.08. The first-order valence-electron chi connectivity index (χ1n) is 6.57. The molecule has 0 radical (unpaired) electrons. The number of nitrogens with zero attached hydrogens (tertiary/aromatic N) is 2. The number of hydrogen-bond acceptors (Lipinski definition) is 4. The standard InChI is InChI=1S/C15H17ClIN3O/c1-8(2)13-12(17)15(18-3)20-14(19-13)10-6-5-9(16)7-11(10)21-4/h5-8H,1-4H3,(H,18,19,20). The zero-order valence-electron chi connectivity index (χ0n) is 12.4. The number of benzene rings is 1. The van der Waals surface area contributed by atoms with Crippen LogP contribution >= 0.6 is 34.2 Å². The molecule has 1 aromatic heterocycles. The van der Waals surface area contributed by atoms with E-state index in [4.69, 9.17) is 21.3 Å². The van der Waals surface area contributed by atoms with Crippen LogP contribution in [-0.2, 0) is 0 Å². The highest BCUT2D eigenvalue weighted by Gasteiger charge is 2.17. The van der Waals surface area contributed by atoms with E-state index in [1.54, 1.807) is 13.2 Å². The molecule has 1 aromatic carbocycles. The lowest BCUT2D eigenvalue weighted by Crippen LogP contribution is -2.07. The zero-order valence-corrected chi connectivity index (χ0v) is 15.3. The summed E-state index contributed by atoms with van der Waals surface area (Å²) in [5, 5.41) is 3.75. The Balaban J connectivity index is 2.67. The third-order valence-corrected chi connectivity index (χ3v) is 4.36. The largest absolute Gasteiger partial charge is 0.496 e. The Bertz CT molecular complexity index is 662. The van der Waals surface area contributed by atoms with Gasteiger partial charge in [0.1, 0.15) is 11.6 Å². The highest BCUT2D eigenvalue weighted by Crippen LogP contribution is 2.33. The SMILES string of the molecule is CNc1nc(-c2ccc(Cl)cc2OC)nc(C(C)C)c1I. The molecule has 6 heteroatoms. The molecule has 2 aromatic rings. The number of aromatic nitrogens is 2. The number of anilines is 1. The Kier molecular flexibility index (Phi) is 5.27. The summed E-state index contributed by atoms with van der Waals surface area (Å²) in [5.74, 6) is 2.43. The van der Waals surface area contributed by atoms with Crippen molar-refractivity contribution in [3.8, 4) is 17.1 Å². The minimum atomic E-state index is 0.309.